The molecule has 1 amide bonds. The Kier molecular flexibility index (Phi) is 2.85. The molecule has 0 spiro atoms. The van der Waals surface area contributed by atoms with Gasteiger partial charge in [0.25, 0.3) is 5.91 Å². The maximum atomic E-state index is 12.2. The van der Waals surface area contributed by atoms with Crippen LogP contribution in [0.25, 0.3) is 0 Å². The number of amides is 1. The number of hydrogen-bond acceptors (Lipinski definition) is 3. The number of aromatic nitrogens is 4. The lowest BCUT2D eigenvalue weighted by Crippen LogP contribution is -2.32. The van der Waals surface area contributed by atoms with Crippen LogP contribution >= 0.6 is 0 Å². The molecule has 6 nitrogen and oxygen atoms in total. The minimum Gasteiger partial charge on any atom is -0.339 e. The highest BCUT2D eigenvalue weighted by molar-refractivity contribution is 5.90. The number of H-pyrrole nitrogens is 1. The van der Waals surface area contributed by atoms with E-state index in [1.54, 1.807) is 12.4 Å². The quantitative estimate of drug-likeness (QED) is 0.869. The van der Waals surface area contributed by atoms with Gasteiger partial charge in [-0.3, -0.25) is 4.79 Å². The first-order valence-corrected chi connectivity index (χ1v) is 6.45. The molecule has 0 aromatic carbocycles. The highest BCUT2D eigenvalue weighted by Gasteiger charge is 2.36. The number of imidazole rings is 2. The summed E-state index contributed by atoms with van der Waals surface area (Å²) in [6.07, 6.45) is 7.58. The summed E-state index contributed by atoms with van der Waals surface area (Å²) in [5.41, 5.74) is 0.880. The van der Waals surface area contributed by atoms with E-state index >= 15 is 0 Å². The molecule has 1 aliphatic rings. The number of aryl methyl sites for hydroxylation is 2. The van der Waals surface area contributed by atoms with Crippen LogP contribution in [0.1, 0.15) is 41.0 Å². The van der Waals surface area contributed by atoms with Crippen molar-refractivity contribution in [2.24, 2.45) is 13.0 Å². The molecular formula is C13H17N5O. The molecule has 2 heterocycles. The standard InChI is InChI=1S/C13H17N5O/c1-8-7-15-11(16-8)13(19)17-10(9-3-4-9)12-14-5-6-18(12)2/h5-7,9-10H,3-4H2,1-2H3,(H,15,16)(H,17,19)/t10-/m1/s1. The highest BCUT2D eigenvalue weighted by Crippen LogP contribution is 2.40. The van der Waals surface area contributed by atoms with Gasteiger partial charge in [-0.2, -0.15) is 0 Å². The number of hydrogen-bond donors (Lipinski definition) is 2. The number of nitrogens with one attached hydrogen (secondary N) is 2. The van der Waals surface area contributed by atoms with Crippen LogP contribution in [-0.2, 0) is 7.05 Å². The second-order valence-electron chi connectivity index (χ2n) is 5.10. The van der Waals surface area contributed by atoms with Crippen molar-refractivity contribution in [1.82, 2.24) is 24.8 Å². The molecule has 3 rings (SSSR count). The zero-order chi connectivity index (χ0) is 13.4. The summed E-state index contributed by atoms with van der Waals surface area (Å²) in [5.74, 6) is 1.57. The third-order valence-corrected chi connectivity index (χ3v) is 3.43. The predicted molar refractivity (Wildman–Crippen MR) is 69.5 cm³/mol. The normalized spacial score (nSPS) is 16.3. The van der Waals surface area contributed by atoms with Crippen LogP contribution in [0.15, 0.2) is 18.6 Å². The van der Waals surface area contributed by atoms with Crippen LogP contribution in [-0.4, -0.2) is 25.4 Å². The lowest BCUT2D eigenvalue weighted by Gasteiger charge is -2.17. The molecule has 0 radical (unpaired) electrons. The molecule has 0 unspecified atom stereocenters. The first kappa shape index (κ1) is 12.0. The van der Waals surface area contributed by atoms with Crippen molar-refractivity contribution in [1.29, 1.82) is 0 Å². The van der Waals surface area contributed by atoms with Crippen LogP contribution in [0.4, 0.5) is 0 Å². The van der Waals surface area contributed by atoms with E-state index in [2.05, 4.69) is 20.3 Å². The molecule has 1 aliphatic carbocycles. The van der Waals surface area contributed by atoms with Crippen molar-refractivity contribution in [2.45, 2.75) is 25.8 Å². The third-order valence-electron chi connectivity index (χ3n) is 3.43. The Balaban J connectivity index is 1.79. The maximum absolute atomic E-state index is 12.2. The van der Waals surface area contributed by atoms with Crippen molar-refractivity contribution < 1.29 is 4.79 Å². The Bertz CT molecular complexity index is 596. The second-order valence-corrected chi connectivity index (χ2v) is 5.10. The smallest absolute Gasteiger partial charge is 0.287 e. The highest BCUT2D eigenvalue weighted by atomic mass is 16.2. The van der Waals surface area contributed by atoms with E-state index < -0.39 is 0 Å². The summed E-state index contributed by atoms with van der Waals surface area (Å²) in [6.45, 7) is 1.88. The number of carbonyl (C=O) groups is 1. The molecule has 2 aromatic heterocycles. The summed E-state index contributed by atoms with van der Waals surface area (Å²) in [6, 6.07) is -0.0297. The topological polar surface area (TPSA) is 75.6 Å². The van der Waals surface area contributed by atoms with Crippen molar-refractivity contribution in [3.63, 3.8) is 0 Å². The molecule has 0 saturated heterocycles. The minimum atomic E-state index is -0.173. The molecule has 1 fully saturated rings. The Morgan fingerprint density at radius 3 is 2.84 bits per heavy atom. The van der Waals surface area contributed by atoms with E-state index in [0.29, 0.717) is 11.7 Å². The fourth-order valence-electron chi connectivity index (χ4n) is 2.24. The molecule has 1 saturated carbocycles. The van der Waals surface area contributed by atoms with Crippen molar-refractivity contribution in [2.75, 3.05) is 0 Å². The molecule has 6 heteroatoms. The molecule has 1 atom stereocenters. The zero-order valence-electron chi connectivity index (χ0n) is 11.1. The van der Waals surface area contributed by atoms with Crippen LogP contribution in [0.3, 0.4) is 0 Å². The lowest BCUT2D eigenvalue weighted by molar-refractivity contribution is 0.0919. The summed E-state index contributed by atoms with van der Waals surface area (Å²) >= 11 is 0. The Hall–Kier alpha value is -2.11. The molecule has 2 N–H and O–H groups in total. The maximum Gasteiger partial charge on any atom is 0.287 e. The van der Waals surface area contributed by atoms with Gasteiger partial charge in [0.1, 0.15) is 5.82 Å². The minimum absolute atomic E-state index is 0.0297. The van der Waals surface area contributed by atoms with Gasteiger partial charge in [-0.15, -0.1) is 0 Å². The van der Waals surface area contributed by atoms with Crippen molar-refractivity contribution >= 4 is 5.91 Å². The van der Waals surface area contributed by atoms with Crippen LogP contribution < -0.4 is 5.32 Å². The number of nitrogens with zero attached hydrogens (tertiary/aromatic N) is 3. The van der Waals surface area contributed by atoms with E-state index in [-0.39, 0.29) is 11.9 Å². The first-order chi connectivity index (χ1) is 9.15. The van der Waals surface area contributed by atoms with E-state index in [1.807, 2.05) is 24.7 Å². The van der Waals surface area contributed by atoms with Gasteiger partial charge in [0.15, 0.2) is 5.82 Å². The van der Waals surface area contributed by atoms with E-state index in [1.165, 1.54) is 0 Å². The van der Waals surface area contributed by atoms with Gasteiger partial charge >= 0.3 is 0 Å². The number of aromatic amines is 1. The van der Waals surface area contributed by atoms with Gasteiger partial charge in [0, 0.05) is 31.3 Å². The number of carbonyl (C=O) groups excluding carboxylic acids is 1. The first-order valence-electron chi connectivity index (χ1n) is 6.45. The largest absolute Gasteiger partial charge is 0.339 e. The fraction of sp³-hybridized carbons (Fsp3) is 0.462. The average Bonchev–Trinajstić information content (AvgIpc) is 3.00. The van der Waals surface area contributed by atoms with Gasteiger partial charge in [-0.25, -0.2) is 9.97 Å². The fourth-order valence-corrected chi connectivity index (χ4v) is 2.24. The Morgan fingerprint density at radius 1 is 1.53 bits per heavy atom. The monoisotopic (exact) mass is 259 g/mol. The molecule has 2 aromatic rings. The third kappa shape index (κ3) is 2.38. The van der Waals surface area contributed by atoms with Gasteiger partial charge in [-0.05, 0) is 25.7 Å². The Morgan fingerprint density at radius 2 is 2.32 bits per heavy atom. The van der Waals surface area contributed by atoms with Gasteiger partial charge in [-0.1, -0.05) is 0 Å². The van der Waals surface area contributed by atoms with Crippen LogP contribution in [0, 0.1) is 12.8 Å². The van der Waals surface area contributed by atoms with Gasteiger partial charge in [0.2, 0.25) is 0 Å². The molecule has 0 bridgehead atoms. The summed E-state index contributed by atoms with van der Waals surface area (Å²) in [5, 5.41) is 3.04. The molecular weight excluding hydrogens is 242 g/mol. The molecule has 19 heavy (non-hydrogen) atoms. The van der Waals surface area contributed by atoms with E-state index in [0.717, 1.165) is 24.4 Å². The van der Waals surface area contributed by atoms with Crippen LogP contribution in [0.5, 0.6) is 0 Å². The average molecular weight is 259 g/mol. The van der Waals surface area contributed by atoms with Crippen LogP contribution in [0.2, 0.25) is 0 Å². The van der Waals surface area contributed by atoms with Gasteiger partial charge < -0.3 is 14.9 Å². The van der Waals surface area contributed by atoms with Crippen molar-refractivity contribution in [3.8, 4) is 0 Å². The molecule has 0 aliphatic heterocycles. The number of rotatable bonds is 4. The van der Waals surface area contributed by atoms with Crippen molar-refractivity contribution in [3.05, 3.63) is 35.9 Å². The zero-order valence-corrected chi connectivity index (χ0v) is 11.1. The van der Waals surface area contributed by atoms with E-state index in [9.17, 15) is 4.79 Å². The second kappa shape index (κ2) is 4.53. The summed E-state index contributed by atoms with van der Waals surface area (Å²) < 4.78 is 1.96. The van der Waals surface area contributed by atoms with E-state index in [4.69, 9.17) is 0 Å². The predicted octanol–water partition coefficient (Wildman–Crippen LogP) is 1.33. The van der Waals surface area contributed by atoms with Gasteiger partial charge in [0.05, 0.1) is 6.04 Å². The molecule has 100 valence electrons. The Labute approximate surface area is 111 Å². The summed E-state index contributed by atoms with van der Waals surface area (Å²) in [7, 11) is 1.95. The SMILES string of the molecule is Cc1cnc(C(=O)N[C@@H](c2nccn2C)C2CC2)[nH]1. The lowest BCUT2D eigenvalue weighted by atomic mass is 10.1. The summed E-state index contributed by atoms with van der Waals surface area (Å²) in [4.78, 5) is 23.5.